The molecule has 0 amide bonds. The van der Waals surface area contributed by atoms with Crippen LogP contribution in [0.2, 0.25) is 0 Å². The van der Waals surface area contributed by atoms with Crippen molar-refractivity contribution in [3.8, 4) is 17.6 Å². The van der Waals surface area contributed by atoms with Crippen molar-refractivity contribution in [2.24, 2.45) is 0 Å². The van der Waals surface area contributed by atoms with Gasteiger partial charge in [0.2, 0.25) is 0 Å². The number of ether oxygens (including phenoxy) is 1. The van der Waals surface area contributed by atoms with Gasteiger partial charge in [0.15, 0.2) is 0 Å². The van der Waals surface area contributed by atoms with E-state index >= 15 is 0 Å². The molecule has 0 atom stereocenters. The first-order valence-electron chi connectivity index (χ1n) is 11.0. The average molecular weight is 447 g/mol. The molecule has 5 heteroatoms. The van der Waals surface area contributed by atoms with E-state index in [-0.39, 0.29) is 12.3 Å². The van der Waals surface area contributed by atoms with Gasteiger partial charge in [-0.15, -0.1) is 0 Å². The summed E-state index contributed by atoms with van der Waals surface area (Å²) in [6.07, 6.45) is 0. The summed E-state index contributed by atoms with van der Waals surface area (Å²) in [7, 11) is 0. The van der Waals surface area contributed by atoms with E-state index in [1.165, 1.54) is 34.2 Å². The van der Waals surface area contributed by atoms with Gasteiger partial charge < -0.3 is 9.30 Å². The van der Waals surface area contributed by atoms with Crippen LogP contribution in [0.4, 0.5) is 5.69 Å². The molecule has 1 heterocycles. The van der Waals surface area contributed by atoms with E-state index in [1.807, 2.05) is 12.1 Å². The van der Waals surface area contributed by atoms with Crippen LogP contribution in [0.25, 0.3) is 21.8 Å². The first kappa shape index (κ1) is 21.3. The van der Waals surface area contributed by atoms with E-state index in [9.17, 15) is 10.1 Å². The highest BCUT2D eigenvalue weighted by Gasteiger charge is 2.12. The summed E-state index contributed by atoms with van der Waals surface area (Å²) in [5, 5.41) is 13.1. The number of rotatable bonds is 5. The Balaban J connectivity index is 1.41. The standard InChI is InChI=1S/C29H22N2O3/c1-21-9-15-28-26(18-21)27-19-25(14-16-29(27)30(28)20-23-6-3-2-4-7-23)34-17-5-8-22-10-12-24(13-11-22)31(32)33/h2-4,6-7,9-16,18-19H,17,20H2,1H3. The van der Waals surface area contributed by atoms with Crippen molar-refractivity contribution in [2.75, 3.05) is 6.61 Å². The zero-order chi connectivity index (χ0) is 23.5. The van der Waals surface area contributed by atoms with E-state index < -0.39 is 4.92 Å². The molecule has 4 aromatic carbocycles. The van der Waals surface area contributed by atoms with Gasteiger partial charge >= 0.3 is 0 Å². The van der Waals surface area contributed by atoms with Gasteiger partial charge in [0.25, 0.3) is 5.69 Å². The highest BCUT2D eigenvalue weighted by Crippen LogP contribution is 2.33. The van der Waals surface area contributed by atoms with E-state index in [2.05, 4.69) is 77.9 Å². The molecule has 0 N–H and O–H groups in total. The number of fused-ring (bicyclic) bond motifs is 3. The third kappa shape index (κ3) is 4.35. The second kappa shape index (κ2) is 9.13. The molecule has 0 unspecified atom stereocenters. The zero-order valence-electron chi connectivity index (χ0n) is 18.7. The molecule has 5 nitrogen and oxygen atoms in total. The molecule has 34 heavy (non-hydrogen) atoms. The summed E-state index contributed by atoms with van der Waals surface area (Å²) in [5.74, 6) is 6.72. The SMILES string of the molecule is Cc1ccc2c(c1)c1cc(OCC#Cc3ccc([N+](=O)[O-])cc3)ccc1n2Cc1ccccc1. The molecule has 0 aliphatic heterocycles. The predicted octanol–water partition coefficient (Wildman–Crippen LogP) is 6.49. The van der Waals surface area contributed by atoms with E-state index in [0.29, 0.717) is 5.56 Å². The van der Waals surface area contributed by atoms with Crippen LogP contribution in [0.5, 0.6) is 5.75 Å². The van der Waals surface area contributed by atoms with Gasteiger partial charge in [-0.2, -0.15) is 0 Å². The molecule has 166 valence electrons. The molecule has 0 aliphatic carbocycles. The second-order valence-corrected chi connectivity index (χ2v) is 8.17. The Morgan fingerprint density at radius 3 is 2.32 bits per heavy atom. The Hall–Kier alpha value is -4.56. The van der Waals surface area contributed by atoms with Crippen LogP contribution in [-0.4, -0.2) is 16.1 Å². The lowest BCUT2D eigenvalue weighted by Crippen LogP contribution is -1.99. The highest BCUT2D eigenvalue weighted by molar-refractivity contribution is 6.08. The van der Waals surface area contributed by atoms with Gasteiger partial charge in [-0.1, -0.05) is 53.8 Å². The number of hydrogen-bond donors (Lipinski definition) is 0. The maximum absolute atomic E-state index is 10.8. The lowest BCUT2D eigenvalue weighted by atomic mass is 10.1. The minimum Gasteiger partial charge on any atom is -0.481 e. The van der Waals surface area contributed by atoms with Crippen molar-refractivity contribution < 1.29 is 9.66 Å². The van der Waals surface area contributed by atoms with Gasteiger partial charge in [0.05, 0.1) is 4.92 Å². The quantitative estimate of drug-likeness (QED) is 0.176. The van der Waals surface area contributed by atoms with Crippen molar-refractivity contribution in [3.05, 3.63) is 118 Å². The van der Waals surface area contributed by atoms with Crippen LogP contribution in [0.3, 0.4) is 0 Å². The number of hydrogen-bond acceptors (Lipinski definition) is 3. The summed E-state index contributed by atoms with van der Waals surface area (Å²) >= 11 is 0. The summed E-state index contributed by atoms with van der Waals surface area (Å²) < 4.78 is 8.26. The molecule has 5 rings (SSSR count). The van der Waals surface area contributed by atoms with Gasteiger partial charge in [-0.3, -0.25) is 10.1 Å². The minimum absolute atomic E-state index is 0.0526. The molecule has 0 radical (unpaired) electrons. The lowest BCUT2D eigenvalue weighted by molar-refractivity contribution is -0.384. The summed E-state index contributed by atoms with van der Waals surface area (Å²) in [6, 6.07) is 29.3. The Kier molecular flexibility index (Phi) is 5.72. The number of benzene rings is 4. The Morgan fingerprint density at radius 2 is 1.59 bits per heavy atom. The first-order chi connectivity index (χ1) is 16.6. The monoisotopic (exact) mass is 446 g/mol. The molecule has 0 saturated carbocycles. The third-order valence-corrected chi connectivity index (χ3v) is 5.80. The Morgan fingerprint density at radius 1 is 0.882 bits per heavy atom. The van der Waals surface area contributed by atoms with E-state index in [1.54, 1.807) is 12.1 Å². The number of aromatic nitrogens is 1. The minimum atomic E-state index is -0.422. The maximum Gasteiger partial charge on any atom is 0.269 e. The van der Waals surface area contributed by atoms with Crippen molar-refractivity contribution in [1.82, 2.24) is 4.57 Å². The smallest absolute Gasteiger partial charge is 0.269 e. The number of aryl methyl sites for hydroxylation is 1. The number of non-ortho nitro benzene ring substituents is 1. The molecule has 0 fully saturated rings. The fourth-order valence-electron chi connectivity index (χ4n) is 4.15. The lowest BCUT2D eigenvalue weighted by Gasteiger charge is -2.08. The largest absolute Gasteiger partial charge is 0.481 e. The van der Waals surface area contributed by atoms with Gasteiger partial charge in [0.1, 0.15) is 12.4 Å². The van der Waals surface area contributed by atoms with E-state index in [4.69, 9.17) is 4.74 Å². The van der Waals surface area contributed by atoms with Crippen molar-refractivity contribution in [3.63, 3.8) is 0 Å². The molecule has 0 bridgehead atoms. The topological polar surface area (TPSA) is 57.3 Å². The van der Waals surface area contributed by atoms with Crippen LogP contribution < -0.4 is 4.74 Å². The van der Waals surface area contributed by atoms with Crippen molar-refractivity contribution >= 4 is 27.5 Å². The summed E-state index contributed by atoms with van der Waals surface area (Å²) in [5.41, 5.74) is 5.59. The number of nitro benzene ring substituents is 1. The Labute approximate surface area is 197 Å². The fraction of sp³-hybridized carbons (Fsp3) is 0.103. The van der Waals surface area contributed by atoms with Gasteiger partial charge in [0, 0.05) is 46.0 Å². The van der Waals surface area contributed by atoms with Crippen LogP contribution in [0, 0.1) is 28.9 Å². The second-order valence-electron chi connectivity index (χ2n) is 8.17. The fourth-order valence-corrected chi connectivity index (χ4v) is 4.15. The number of nitrogens with zero attached hydrogens (tertiary/aromatic N) is 2. The third-order valence-electron chi connectivity index (χ3n) is 5.80. The molecule has 0 saturated heterocycles. The van der Waals surface area contributed by atoms with Crippen molar-refractivity contribution in [1.29, 1.82) is 0 Å². The average Bonchev–Trinajstić information content (AvgIpc) is 3.15. The van der Waals surface area contributed by atoms with Crippen LogP contribution in [0.1, 0.15) is 16.7 Å². The first-order valence-corrected chi connectivity index (χ1v) is 11.0. The Bertz CT molecular complexity index is 1560. The molecule has 0 spiro atoms. The molecule has 1 aromatic heterocycles. The van der Waals surface area contributed by atoms with E-state index in [0.717, 1.165) is 23.2 Å². The molecule has 0 aliphatic rings. The molecular formula is C29H22N2O3. The van der Waals surface area contributed by atoms with Crippen molar-refractivity contribution in [2.45, 2.75) is 13.5 Å². The normalized spacial score (nSPS) is 10.7. The highest BCUT2D eigenvalue weighted by atomic mass is 16.6. The van der Waals surface area contributed by atoms with Gasteiger partial charge in [-0.25, -0.2) is 0 Å². The number of nitro groups is 1. The summed E-state index contributed by atoms with van der Waals surface area (Å²) in [6.45, 7) is 3.13. The van der Waals surface area contributed by atoms with Crippen LogP contribution >= 0.6 is 0 Å². The van der Waals surface area contributed by atoms with Gasteiger partial charge in [-0.05, 0) is 55.0 Å². The summed E-state index contributed by atoms with van der Waals surface area (Å²) in [4.78, 5) is 10.3. The van der Waals surface area contributed by atoms with Crippen LogP contribution in [-0.2, 0) is 6.54 Å². The maximum atomic E-state index is 10.8. The zero-order valence-corrected chi connectivity index (χ0v) is 18.7. The molecular weight excluding hydrogens is 424 g/mol. The molecule has 5 aromatic rings. The predicted molar refractivity (Wildman–Crippen MR) is 135 cm³/mol. The van der Waals surface area contributed by atoms with Crippen LogP contribution in [0.15, 0.2) is 91.0 Å².